The summed E-state index contributed by atoms with van der Waals surface area (Å²) >= 11 is 0. The number of phenols is 1. The molecular weight excluding hydrogens is 256 g/mol. The summed E-state index contributed by atoms with van der Waals surface area (Å²) in [6, 6.07) is 5.17. The Hall–Kier alpha value is -1.31. The minimum atomic E-state index is -3.20. The van der Waals surface area contributed by atoms with E-state index in [1.54, 1.807) is 18.2 Å². The van der Waals surface area contributed by atoms with Gasteiger partial charge in [0.2, 0.25) is 10.0 Å². The highest BCUT2D eigenvalue weighted by molar-refractivity contribution is 7.89. The van der Waals surface area contributed by atoms with Gasteiger partial charge in [0, 0.05) is 18.7 Å². The van der Waals surface area contributed by atoms with Gasteiger partial charge < -0.3 is 15.2 Å². The van der Waals surface area contributed by atoms with Crippen molar-refractivity contribution in [3.8, 4) is 11.5 Å². The summed E-state index contributed by atoms with van der Waals surface area (Å²) in [6.45, 7) is 0.683. The summed E-state index contributed by atoms with van der Waals surface area (Å²) in [6.07, 6.45) is 0. The van der Waals surface area contributed by atoms with Crippen molar-refractivity contribution in [2.45, 2.75) is 6.54 Å². The fourth-order valence-electron chi connectivity index (χ4n) is 1.41. The molecule has 0 unspecified atom stereocenters. The van der Waals surface area contributed by atoms with Gasteiger partial charge in [-0.3, -0.25) is 0 Å². The number of methoxy groups -OCH3 is 1. The topological polar surface area (TPSA) is 87.7 Å². The van der Waals surface area contributed by atoms with Crippen LogP contribution in [0.1, 0.15) is 5.56 Å². The maximum atomic E-state index is 11.2. The van der Waals surface area contributed by atoms with Crippen LogP contribution >= 0.6 is 0 Å². The molecule has 0 heterocycles. The molecule has 6 nitrogen and oxygen atoms in total. The van der Waals surface area contributed by atoms with Crippen LogP contribution in [-0.4, -0.2) is 40.0 Å². The van der Waals surface area contributed by atoms with Crippen LogP contribution < -0.4 is 14.8 Å². The molecule has 0 aliphatic carbocycles. The molecule has 0 amide bonds. The van der Waals surface area contributed by atoms with Gasteiger partial charge in [0.25, 0.3) is 0 Å². The number of benzene rings is 1. The fraction of sp³-hybridized carbons (Fsp3) is 0.455. The summed E-state index contributed by atoms with van der Waals surface area (Å²) in [7, 11) is -0.340. The molecule has 1 aromatic rings. The van der Waals surface area contributed by atoms with E-state index in [0.29, 0.717) is 24.4 Å². The first-order valence-corrected chi connectivity index (χ1v) is 7.12. The van der Waals surface area contributed by atoms with Crippen molar-refractivity contribution in [2.75, 3.05) is 26.5 Å². The Morgan fingerprint density at radius 2 is 2.11 bits per heavy atom. The van der Waals surface area contributed by atoms with Crippen LogP contribution in [0, 0.1) is 0 Å². The molecule has 0 atom stereocenters. The number of ether oxygens (including phenoxy) is 1. The number of hydrogen-bond donors (Lipinski definition) is 3. The van der Waals surface area contributed by atoms with Gasteiger partial charge in [0.15, 0.2) is 11.5 Å². The van der Waals surface area contributed by atoms with Crippen LogP contribution in [0.15, 0.2) is 18.2 Å². The second kappa shape index (κ2) is 6.58. The van der Waals surface area contributed by atoms with Crippen LogP contribution in [0.2, 0.25) is 0 Å². The highest BCUT2D eigenvalue weighted by atomic mass is 32.2. The number of phenolic OH excluding ortho intramolecular Hbond substituents is 1. The Labute approximate surface area is 107 Å². The smallest absolute Gasteiger partial charge is 0.212 e. The molecule has 0 aromatic heterocycles. The Morgan fingerprint density at radius 3 is 2.72 bits per heavy atom. The third-order valence-corrected chi connectivity index (χ3v) is 3.84. The minimum Gasteiger partial charge on any atom is -0.504 e. The first kappa shape index (κ1) is 14.7. The van der Waals surface area contributed by atoms with Crippen molar-refractivity contribution >= 4 is 10.0 Å². The molecule has 0 aliphatic rings. The molecule has 1 aromatic carbocycles. The van der Waals surface area contributed by atoms with Gasteiger partial charge in [-0.05, 0) is 13.1 Å². The van der Waals surface area contributed by atoms with Crippen LogP contribution in [0.3, 0.4) is 0 Å². The molecule has 102 valence electrons. The summed E-state index contributed by atoms with van der Waals surface area (Å²) in [5.74, 6) is 0.468. The van der Waals surface area contributed by atoms with Gasteiger partial charge in [-0.2, -0.15) is 0 Å². The molecule has 3 N–H and O–H groups in total. The van der Waals surface area contributed by atoms with Crippen molar-refractivity contribution in [3.63, 3.8) is 0 Å². The predicted octanol–water partition coefficient (Wildman–Crippen LogP) is 0.0396. The van der Waals surface area contributed by atoms with Gasteiger partial charge >= 0.3 is 0 Å². The third-order valence-electron chi connectivity index (χ3n) is 2.48. The van der Waals surface area contributed by atoms with Crippen LogP contribution in [-0.2, 0) is 16.6 Å². The molecule has 18 heavy (non-hydrogen) atoms. The first-order chi connectivity index (χ1) is 8.50. The monoisotopic (exact) mass is 274 g/mol. The quantitative estimate of drug-likeness (QED) is 0.611. The molecule has 7 heteroatoms. The van der Waals surface area contributed by atoms with E-state index in [0.717, 1.165) is 0 Å². The Morgan fingerprint density at radius 1 is 1.39 bits per heavy atom. The second-order valence-corrected chi connectivity index (χ2v) is 5.71. The molecule has 0 radical (unpaired) electrons. The van der Waals surface area contributed by atoms with E-state index < -0.39 is 10.0 Å². The average Bonchev–Trinajstić information content (AvgIpc) is 2.36. The predicted molar refractivity (Wildman–Crippen MR) is 69.2 cm³/mol. The third kappa shape index (κ3) is 4.17. The van der Waals surface area contributed by atoms with Gasteiger partial charge in [-0.15, -0.1) is 0 Å². The lowest BCUT2D eigenvalue weighted by Gasteiger charge is -2.09. The Balaban J connectivity index is 2.50. The van der Waals surface area contributed by atoms with Crippen molar-refractivity contribution in [1.29, 1.82) is 0 Å². The standard InChI is InChI=1S/C11H18N2O4S/c1-12-18(15,16)7-6-13-8-9-4-3-5-10(17-2)11(9)14/h3-5,12-14H,6-8H2,1-2H3. The zero-order chi connectivity index (χ0) is 13.6. The van der Waals surface area contributed by atoms with Crippen molar-refractivity contribution < 1.29 is 18.3 Å². The first-order valence-electron chi connectivity index (χ1n) is 5.47. The van der Waals surface area contributed by atoms with Gasteiger partial charge in [0.05, 0.1) is 12.9 Å². The SMILES string of the molecule is CNS(=O)(=O)CCNCc1cccc(OC)c1O. The van der Waals surface area contributed by atoms with Crippen molar-refractivity contribution in [3.05, 3.63) is 23.8 Å². The zero-order valence-electron chi connectivity index (χ0n) is 10.4. The number of para-hydroxylation sites is 1. The summed E-state index contributed by atoms with van der Waals surface area (Å²) < 4.78 is 29.5. The highest BCUT2D eigenvalue weighted by Gasteiger charge is 2.08. The van der Waals surface area contributed by atoms with E-state index >= 15 is 0 Å². The van der Waals surface area contributed by atoms with E-state index in [-0.39, 0.29) is 11.5 Å². The van der Waals surface area contributed by atoms with E-state index in [2.05, 4.69) is 10.0 Å². The largest absolute Gasteiger partial charge is 0.504 e. The molecule has 0 fully saturated rings. The van der Waals surface area contributed by atoms with E-state index in [1.165, 1.54) is 14.2 Å². The Kier molecular flexibility index (Phi) is 5.39. The molecule has 0 aliphatic heterocycles. The lowest BCUT2D eigenvalue weighted by atomic mass is 10.2. The number of aromatic hydroxyl groups is 1. The lowest BCUT2D eigenvalue weighted by molar-refractivity contribution is 0.370. The maximum Gasteiger partial charge on any atom is 0.212 e. The normalized spacial score (nSPS) is 11.4. The molecule has 0 bridgehead atoms. The van der Waals surface area contributed by atoms with Gasteiger partial charge in [-0.1, -0.05) is 12.1 Å². The summed E-state index contributed by atoms with van der Waals surface area (Å²) in [5.41, 5.74) is 0.663. The van der Waals surface area contributed by atoms with Crippen molar-refractivity contribution in [2.24, 2.45) is 0 Å². The van der Waals surface area contributed by atoms with Gasteiger partial charge in [-0.25, -0.2) is 13.1 Å². The van der Waals surface area contributed by atoms with E-state index in [4.69, 9.17) is 4.74 Å². The molecule has 0 saturated carbocycles. The molecule has 0 spiro atoms. The summed E-state index contributed by atoms with van der Waals surface area (Å²) in [4.78, 5) is 0. The van der Waals surface area contributed by atoms with Crippen LogP contribution in [0.5, 0.6) is 11.5 Å². The maximum absolute atomic E-state index is 11.2. The van der Waals surface area contributed by atoms with Crippen LogP contribution in [0.25, 0.3) is 0 Å². The molecule has 0 saturated heterocycles. The van der Waals surface area contributed by atoms with E-state index in [1.807, 2.05) is 0 Å². The zero-order valence-corrected chi connectivity index (χ0v) is 11.3. The lowest BCUT2D eigenvalue weighted by Crippen LogP contribution is -2.29. The van der Waals surface area contributed by atoms with E-state index in [9.17, 15) is 13.5 Å². The van der Waals surface area contributed by atoms with Crippen LogP contribution in [0.4, 0.5) is 0 Å². The highest BCUT2D eigenvalue weighted by Crippen LogP contribution is 2.28. The number of sulfonamides is 1. The Bertz CT molecular complexity index is 488. The number of nitrogens with one attached hydrogen (secondary N) is 2. The van der Waals surface area contributed by atoms with Gasteiger partial charge in [0.1, 0.15) is 0 Å². The second-order valence-electron chi connectivity index (χ2n) is 3.67. The fourth-order valence-corrected chi connectivity index (χ4v) is 2.02. The molecular formula is C11H18N2O4S. The molecule has 1 rings (SSSR count). The van der Waals surface area contributed by atoms with Crippen molar-refractivity contribution in [1.82, 2.24) is 10.0 Å². The number of rotatable bonds is 7. The minimum absolute atomic E-state index is 0.00572. The summed E-state index contributed by atoms with van der Waals surface area (Å²) in [5, 5.41) is 12.7. The average molecular weight is 274 g/mol. The number of hydrogen-bond acceptors (Lipinski definition) is 5.